The van der Waals surface area contributed by atoms with Gasteiger partial charge in [-0.3, -0.25) is 9.59 Å². The first-order chi connectivity index (χ1) is 15.4. The summed E-state index contributed by atoms with van der Waals surface area (Å²) >= 11 is 0. The van der Waals surface area contributed by atoms with Crippen LogP contribution in [0.2, 0.25) is 0 Å². The third kappa shape index (κ3) is 6.98. The highest BCUT2D eigenvalue weighted by Crippen LogP contribution is 2.45. The number of rotatable bonds is 11. The van der Waals surface area contributed by atoms with Crippen LogP contribution in [0.3, 0.4) is 0 Å². The van der Waals surface area contributed by atoms with Crippen LogP contribution in [0.25, 0.3) is 0 Å². The van der Waals surface area contributed by atoms with Crippen molar-refractivity contribution in [3.8, 4) is 5.75 Å². The normalized spacial score (nSPS) is 23.9. The molecule has 2 aliphatic heterocycles. The van der Waals surface area contributed by atoms with Gasteiger partial charge in [0, 0.05) is 18.0 Å². The van der Waals surface area contributed by atoms with E-state index in [1.807, 2.05) is 6.08 Å². The Kier molecular flexibility index (Phi) is 8.49. The van der Waals surface area contributed by atoms with E-state index in [2.05, 4.69) is 16.7 Å². The number of allylic oxidation sites excluding steroid dienone is 2. The van der Waals surface area contributed by atoms with Gasteiger partial charge in [0.2, 0.25) is 5.91 Å². The number of fused-ring (bicyclic) bond motifs is 2. The molecule has 4 N–H and O–H groups in total. The van der Waals surface area contributed by atoms with Crippen LogP contribution in [0.1, 0.15) is 38.5 Å². The number of anilines is 1. The number of hydrogen-bond acceptors (Lipinski definition) is 6. The number of aliphatic carboxylic acids is 1. The molecule has 1 aromatic rings. The topological polar surface area (TPSA) is 134 Å². The number of phenolic OH excluding ortho intramolecular Hbond substituents is 1. The Morgan fingerprint density at radius 1 is 1.09 bits per heavy atom. The summed E-state index contributed by atoms with van der Waals surface area (Å²) in [5.41, 5.74) is 0.515. The van der Waals surface area contributed by atoms with Gasteiger partial charge in [-0.05, 0) is 62.3 Å². The fourth-order valence-electron chi connectivity index (χ4n) is 4.30. The number of aromatic hydroxyl groups is 1. The van der Waals surface area contributed by atoms with E-state index in [9.17, 15) is 19.5 Å². The van der Waals surface area contributed by atoms with Crippen LogP contribution in [0.5, 0.6) is 5.75 Å². The second kappa shape index (κ2) is 11.5. The maximum atomic E-state index is 12.1. The van der Waals surface area contributed by atoms with Crippen molar-refractivity contribution in [1.29, 1.82) is 0 Å². The van der Waals surface area contributed by atoms with Crippen molar-refractivity contribution >= 4 is 23.7 Å². The summed E-state index contributed by atoms with van der Waals surface area (Å²) in [7, 11) is 0. The largest absolute Gasteiger partial charge is 0.508 e. The number of carbonyl (C=O) groups excluding carboxylic acids is 2. The van der Waals surface area contributed by atoms with Crippen LogP contribution < -0.4 is 10.6 Å². The molecule has 0 aromatic heterocycles. The molecule has 4 atom stereocenters. The number of alkyl carbamates (subject to hydrolysis) is 1. The standard InChI is InChI=1S/C23H30N2O7/c26-16-9-7-15(8-10-16)25-21(27)13-24-23(30)31-14-18-17(19-11-12-20(18)32-19)5-3-1-2-4-6-22(28)29/h1,3,7-10,17-20,26H,2,4-6,11-14H2,(H,24,30)(H,25,27)(H,28,29)/t17-,18+,19-,20+/m1/s1. The lowest BCUT2D eigenvalue weighted by Gasteiger charge is -2.26. The Balaban J connectivity index is 1.37. The molecule has 0 unspecified atom stereocenters. The van der Waals surface area contributed by atoms with E-state index in [0.717, 1.165) is 25.7 Å². The predicted octanol–water partition coefficient (Wildman–Crippen LogP) is 3.05. The number of carboxylic acid groups (broad SMARTS) is 1. The molecule has 9 heteroatoms. The Morgan fingerprint density at radius 2 is 1.81 bits per heavy atom. The van der Waals surface area contributed by atoms with Crippen molar-refractivity contribution in [1.82, 2.24) is 5.32 Å². The van der Waals surface area contributed by atoms with E-state index in [1.54, 1.807) is 12.1 Å². The second-order valence-corrected chi connectivity index (χ2v) is 8.16. The summed E-state index contributed by atoms with van der Waals surface area (Å²) in [6.45, 7) is -0.000455. The average Bonchev–Trinajstić information content (AvgIpc) is 3.36. The SMILES string of the molecule is O=C(O)CCCC=CC[C@@H]1[C@H](COC(=O)NCC(=O)Nc2ccc(O)cc2)[C@@H]2CC[C@H]1O2. The molecule has 2 heterocycles. The second-order valence-electron chi connectivity index (χ2n) is 8.16. The third-order valence-electron chi connectivity index (χ3n) is 5.88. The lowest BCUT2D eigenvalue weighted by Crippen LogP contribution is -2.36. The first-order valence-corrected chi connectivity index (χ1v) is 10.9. The summed E-state index contributed by atoms with van der Waals surface area (Å²) in [6.07, 6.45) is 7.93. The van der Waals surface area contributed by atoms with Crippen LogP contribution in [-0.2, 0) is 19.1 Å². The molecule has 2 aliphatic rings. The minimum Gasteiger partial charge on any atom is -0.508 e. The van der Waals surface area contributed by atoms with Gasteiger partial charge in [0.15, 0.2) is 0 Å². The van der Waals surface area contributed by atoms with E-state index in [1.165, 1.54) is 12.1 Å². The molecule has 2 saturated heterocycles. The van der Waals surface area contributed by atoms with Crippen LogP contribution in [-0.4, -0.2) is 53.5 Å². The predicted molar refractivity (Wildman–Crippen MR) is 116 cm³/mol. The summed E-state index contributed by atoms with van der Waals surface area (Å²) in [4.78, 5) is 34.6. The number of nitrogens with one attached hydrogen (secondary N) is 2. The number of amides is 2. The van der Waals surface area contributed by atoms with Crippen LogP contribution >= 0.6 is 0 Å². The number of ether oxygens (including phenoxy) is 2. The first kappa shape index (κ1) is 23.6. The highest BCUT2D eigenvalue weighted by atomic mass is 16.6. The fourth-order valence-corrected chi connectivity index (χ4v) is 4.30. The van der Waals surface area contributed by atoms with Gasteiger partial charge in [0.25, 0.3) is 0 Å². The van der Waals surface area contributed by atoms with Gasteiger partial charge in [-0.15, -0.1) is 0 Å². The Labute approximate surface area is 186 Å². The Morgan fingerprint density at radius 3 is 2.53 bits per heavy atom. The van der Waals surface area contributed by atoms with E-state index in [0.29, 0.717) is 12.1 Å². The van der Waals surface area contributed by atoms with Crippen LogP contribution in [0.15, 0.2) is 36.4 Å². The average molecular weight is 447 g/mol. The van der Waals surface area contributed by atoms with E-state index in [4.69, 9.17) is 14.6 Å². The summed E-state index contributed by atoms with van der Waals surface area (Å²) in [6, 6.07) is 6.02. The van der Waals surface area contributed by atoms with Crippen LogP contribution in [0.4, 0.5) is 10.5 Å². The van der Waals surface area contributed by atoms with Gasteiger partial charge in [0.1, 0.15) is 12.3 Å². The van der Waals surface area contributed by atoms with Gasteiger partial charge in [0.05, 0.1) is 18.8 Å². The van der Waals surface area contributed by atoms with Gasteiger partial charge < -0.3 is 30.3 Å². The van der Waals surface area contributed by atoms with E-state index >= 15 is 0 Å². The Bertz CT molecular complexity index is 824. The van der Waals surface area contributed by atoms with Crippen molar-refractivity contribution in [3.63, 3.8) is 0 Å². The highest BCUT2D eigenvalue weighted by molar-refractivity contribution is 5.93. The fraction of sp³-hybridized carbons (Fsp3) is 0.522. The molecule has 0 aliphatic carbocycles. The van der Waals surface area contributed by atoms with Crippen molar-refractivity contribution in [2.75, 3.05) is 18.5 Å². The molecule has 0 saturated carbocycles. The molecule has 2 fully saturated rings. The van der Waals surface area contributed by atoms with Gasteiger partial charge in [-0.25, -0.2) is 4.79 Å². The lowest BCUT2D eigenvalue weighted by atomic mass is 9.78. The molecule has 2 amide bonds. The van der Waals surface area contributed by atoms with E-state index in [-0.39, 0.29) is 49.4 Å². The number of unbranched alkanes of at least 4 members (excludes halogenated alkanes) is 1. The molecule has 2 bridgehead atoms. The van der Waals surface area contributed by atoms with Gasteiger partial charge >= 0.3 is 12.1 Å². The zero-order valence-electron chi connectivity index (χ0n) is 17.9. The highest BCUT2D eigenvalue weighted by Gasteiger charge is 2.48. The quantitative estimate of drug-likeness (QED) is 0.233. The van der Waals surface area contributed by atoms with Gasteiger partial charge in [-0.1, -0.05) is 12.2 Å². The number of hydrogen-bond donors (Lipinski definition) is 4. The number of phenols is 1. The first-order valence-electron chi connectivity index (χ1n) is 10.9. The zero-order valence-corrected chi connectivity index (χ0v) is 17.9. The van der Waals surface area contributed by atoms with Crippen molar-refractivity contribution < 1.29 is 34.1 Å². The van der Waals surface area contributed by atoms with Crippen molar-refractivity contribution in [2.24, 2.45) is 11.8 Å². The molecule has 3 rings (SSSR count). The van der Waals surface area contributed by atoms with Crippen LogP contribution in [0, 0.1) is 11.8 Å². The minimum absolute atomic E-state index is 0.0796. The number of carbonyl (C=O) groups is 3. The third-order valence-corrected chi connectivity index (χ3v) is 5.88. The molecule has 174 valence electrons. The maximum absolute atomic E-state index is 12.1. The molecule has 1 aromatic carbocycles. The lowest BCUT2D eigenvalue weighted by molar-refractivity contribution is -0.137. The van der Waals surface area contributed by atoms with Crippen molar-refractivity contribution in [2.45, 2.75) is 50.7 Å². The monoisotopic (exact) mass is 446 g/mol. The smallest absolute Gasteiger partial charge is 0.407 e. The Hall–Kier alpha value is -3.07. The molecular weight excluding hydrogens is 416 g/mol. The maximum Gasteiger partial charge on any atom is 0.407 e. The number of benzene rings is 1. The zero-order chi connectivity index (χ0) is 22.9. The molecule has 0 radical (unpaired) electrons. The molecule has 9 nitrogen and oxygen atoms in total. The van der Waals surface area contributed by atoms with E-state index < -0.39 is 18.0 Å². The minimum atomic E-state index is -0.784. The molecule has 32 heavy (non-hydrogen) atoms. The summed E-state index contributed by atoms with van der Waals surface area (Å²) in [5.74, 6) is -0.722. The summed E-state index contributed by atoms with van der Waals surface area (Å²) < 4.78 is 11.4. The van der Waals surface area contributed by atoms with Gasteiger partial charge in [-0.2, -0.15) is 0 Å². The molecule has 0 spiro atoms. The molecular formula is C23H30N2O7. The number of carboxylic acids is 1. The summed E-state index contributed by atoms with van der Waals surface area (Å²) in [5, 5.41) is 23.0. The van der Waals surface area contributed by atoms with Crippen molar-refractivity contribution in [3.05, 3.63) is 36.4 Å².